The molecule has 0 atom stereocenters. The van der Waals surface area contributed by atoms with Gasteiger partial charge in [-0.15, -0.1) is 0 Å². The molecule has 0 amide bonds. The average Bonchev–Trinajstić information content (AvgIpc) is 2.93. The summed E-state index contributed by atoms with van der Waals surface area (Å²) < 4.78 is 2.81. The van der Waals surface area contributed by atoms with Crippen LogP contribution in [0.25, 0.3) is 16.9 Å². The van der Waals surface area contributed by atoms with Crippen molar-refractivity contribution >= 4 is 28.9 Å². The van der Waals surface area contributed by atoms with E-state index in [9.17, 15) is 4.79 Å². The fourth-order valence-electron chi connectivity index (χ4n) is 2.05. The zero-order valence-electron chi connectivity index (χ0n) is 10.5. The first kappa shape index (κ1) is 13.1. The van der Waals surface area contributed by atoms with Gasteiger partial charge in [-0.2, -0.15) is 5.10 Å². The molecular weight excluding hydrogens is 363 g/mol. The van der Waals surface area contributed by atoms with E-state index in [1.54, 1.807) is 10.9 Å². The van der Waals surface area contributed by atoms with Crippen LogP contribution in [-0.2, 0) is 0 Å². The number of rotatable bonds is 3. The van der Waals surface area contributed by atoms with Gasteiger partial charge in [0.1, 0.15) is 5.69 Å². The van der Waals surface area contributed by atoms with Crippen molar-refractivity contribution in [3.63, 3.8) is 0 Å². The zero-order chi connectivity index (χ0) is 13.9. The summed E-state index contributed by atoms with van der Waals surface area (Å²) in [5.74, 6) is 0. The third-order valence-electron chi connectivity index (χ3n) is 3.02. The second-order valence-electron chi connectivity index (χ2n) is 4.31. The normalized spacial score (nSPS) is 10.4. The van der Waals surface area contributed by atoms with Crippen LogP contribution in [0.4, 0.5) is 0 Å². The van der Waals surface area contributed by atoms with E-state index in [0.717, 1.165) is 21.1 Å². The molecule has 0 aliphatic rings. The molecule has 3 aromatic rings. The van der Waals surface area contributed by atoms with Crippen molar-refractivity contribution in [2.45, 2.75) is 0 Å². The van der Waals surface area contributed by atoms with E-state index >= 15 is 0 Å². The van der Waals surface area contributed by atoms with Gasteiger partial charge in [-0.05, 0) is 40.8 Å². The van der Waals surface area contributed by atoms with E-state index in [0.29, 0.717) is 11.3 Å². The lowest BCUT2D eigenvalue weighted by Gasteiger charge is -2.02. The van der Waals surface area contributed by atoms with E-state index < -0.39 is 0 Å². The van der Waals surface area contributed by atoms with Gasteiger partial charge in [0, 0.05) is 15.3 Å². The first-order valence-corrected chi connectivity index (χ1v) is 7.22. The Morgan fingerprint density at radius 2 is 1.70 bits per heavy atom. The Kier molecular flexibility index (Phi) is 3.64. The highest BCUT2D eigenvalue weighted by Crippen LogP contribution is 2.26. The van der Waals surface area contributed by atoms with Crippen LogP contribution in [0.15, 0.2) is 60.8 Å². The van der Waals surface area contributed by atoms with Crippen LogP contribution in [0.3, 0.4) is 0 Å². The molecular formula is C16H11IN2O. The topological polar surface area (TPSA) is 34.9 Å². The minimum atomic E-state index is 0.595. The predicted molar refractivity (Wildman–Crippen MR) is 87.1 cm³/mol. The molecule has 2 aromatic carbocycles. The molecule has 0 aliphatic carbocycles. The average molecular weight is 374 g/mol. The number of benzene rings is 2. The SMILES string of the molecule is O=Cc1cn(-c2ccccc2)nc1-c1ccccc1I. The van der Waals surface area contributed by atoms with Gasteiger partial charge in [0.2, 0.25) is 0 Å². The smallest absolute Gasteiger partial charge is 0.153 e. The molecule has 3 nitrogen and oxygen atoms in total. The van der Waals surface area contributed by atoms with Crippen LogP contribution in [0, 0.1) is 3.57 Å². The molecule has 1 aromatic heterocycles. The van der Waals surface area contributed by atoms with Gasteiger partial charge in [-0.25, -0.2) is 4.68 Å². The molecule has 0 saturated carbocycles. The Morgan fingerprint density at radius 3 is 2.40 bits per heavy atom. The number of aromatic nitrogens is 2. The van der Waals surface area contributed by atoms with Gasteiger partial charge in [-0.3, -0.25) is 4.79 Å². The van der Waals surface area contributed by atoms with E-state index in [4.69, 9.17) is 0 Å². The zero-order valence-corrected chi connectivity index (χ0v) is 12.7. The Bertz CT molecular complexity index is 750. The summed E-state index contributed by atoms with van der Waals surface area (Å²) in [7, 11) is 0. The molecule has 4 heteroatoms. The lowest BCUT2D eigenvalue weighted by Crippen LogP contribution is -1.94. The van der Waals surface area contributed by atoms with Gasteiger partial charge < -0.3 is 0 Å². The molecule has 20 heavy (non-hydrogen) atoms. The van der Waals surface area contributed by atoms with Crippen molar-refractivity contribution in [2.24, 2.45) is 0 Å². The number of hydrogen-bond acceptors (Lipinski definition) is 2. The highest BCUT2D eigenvalue weighted by Gasteiger charge is 2.13. The van der Waals surface area contributed by atoms with Gasteiger partial charge in [0.25, 0.3) is 0 Å². The number of para-hydroxylation sites is 1. The van der Waals surface area contributed by atoms with E-state index in [1.807, 2.05) is 54.6 Å². The number of hydrogen-bond donors (Lipinski definition) is 0. The van der Waals surface area contributed by atoms with Crippen LogP contribution < -0.4 is 0 Å². The number of carbonyl (C=O) groups excluding carboxylic acids is 1. The van der Waals surface area contributed by atoms with Crippen molar-refractivity contribution in [2.75, 3.05) is 0 Å². The number of aldehydes is 1. The minimum absolute atomic E-state index is 0.595. The Labute approximate surface area is 130 Å². The Morgan fingerprint density at radius 1 is 1.00 bits per heavy atom. The van der Waals surface area contributed by atoms with Crippen LogP contribution in [0.1, 0.15) is 10.4 Å². The fourth-order valence-corrected chi connectivity index (χ4v) is 2.69. The molecule has 0 aliphatic heterocycles. The monoisotopic (exact) mass is 374 g/mol. The lowest BCUT2D eigenvalue weighted by molar-refractivity contribution is 0.112. The van der Waals surface area contributed by atoms with Crippen LogP contribution in [0.2, 0.25) is 0 Å². The molecule has 3 rings (SSSR count). The first-order chi connectivity index (χ1) is 9.79. The number of nitrogens with zero attached hydrogens (tertiary/aromatic N) is 2. The molecule has 1 heterocycles. The second-order valence-corrected chi connectivity index (χ2v) is 5.47. The quantitative estimate of drug-likeness (QED) is 0.514. The molecule has 0 N–H and O–H groups in total. The maximum atomic E-state index is 11.3. The fraction of sp³-hybridized carbons (Fsp3) is 0. The summed E-state index contributed by atoms with van der Waals surface area (Å²) in [5, 5.41) is 4.56. The van der Waals surface area contributed by atoms with Crippen LogP contribution in [-0.4, -0.2) is 16.1 Å². The summed E-state index contributed by atoms with van der Waals surface area (Å²) in [6.45, 7) is 0. The van der Waals surface area contributed by atoms with Crippen molar-refractivity contribution in [1.29, 1.82) is 0 Å². The summed E-state index contributed by atoms with van der Waals surface area (Å²) in [5.41, 5.74) is 3.23. The standard InChI is InChI=1S/C16H11IN2O/c17-15-9-5-4-8-14(15)16-12(11-20)10-19(18-16)13-6-2-1-3-7-13/h1-11H. The third-order valence-corrected chi connectivity index (χ3v) is 3.96. The molecule has 0 unspecified atom stereocenters. The third kappa shape index (κ3) is 2.38. The van der Waals surface area contributed by atoms with Crippen molar-refractivity contribution in [3.05, 3.63) is 69.9 Å². The second kappa shape index (κ2) is 5.58. The van der Waals surface area contributed by atoms with Gasteiger partial charge in [-0.1, -0.05) is 36.4 Å². The largest absolute Gasteiger partial charge is 0.298 e. The van der Waals surface area contributed by atoms with E-state index in [-0.39, 0.29) is 0 Å². The Hall–Kier alpha value is -1.95. The Balaban J connectivity index is 2.16. The van der Waals surface area contributed by atoms with Gasteiger partial charge >= 0.3 is 0 Å². The molecule has 98 valence electrons. The highest BCUT2D eigenvalue weighted by molar-refractivity contribution is 14.1. The van der Waals surface area contributed by atoms with Crippen LogP contribution in [0.5, 0.6) is 0 Å². The maximum Gasteiger partial charge on any atom is 0.153 e. The van der Waals surface area contributed by atoms with Gasteiger partial charge in [0.05, 0.1) is 11.3 Å². The minimum Gasteiger partial charge on any atom is -0.298 e. The molecule has 0 saturated heterocycles. The molecule has 0 spiro atoms. The summed E-state index contributed by atoms with van der Waals surface area (Å²) in [6, 6.07) is 17.7. The van der Waals surface area contributed by atoms with Gasteiger partial charge in [0.15, 0.2) is 6.29 Å². The molecule has 0 fully saturated rings. The van der Waals surface area contributed by atoms with Crippen molar-refractivity contribution in [3.8, 4) is 16.9 Å². The highest BCUT2D eigenvalue weighted by atomic mass is 127. The number of carbonyl (C=O) groups is 1. The summed E-state index contributed by atoms with van der Waals surface area (Å²) >= 11 is 2.26. The predicted octanol–water partition coefficient (Wildman–Crippen LogP) is 3.96. The molecule has 0 radical (unpaired) electrons. The lowest BCUT2D eigenvalue weighted by atomic mass is 10.1. The van der Waals surface area contributed by atoms with E-state index in [1.165, 1.54) is 0 Å². The van der Waals surface area contributed by atoms with Crippen LogP contribution >= 0.6 is 22.6 Å². The molecule has 0 bridgehead atoms. The first-order valence-electron chi connectivity index (χ1n) is 6.15. The van der Waals surface area contributed by atoms with Crippen molar-refractivity contribution < 1.29 is 4.79 Å². The van der Waals surface area contributed by atoms with Crippen molar-refractivity contribution in [1.82, 2.24) is 9.78 Å². The van der Waals surface area contributed by atoms with E-state index in [2.05, 4.69) is 27.7 Å². The summed E-state index contributed by atoms with van der Waals surface area (Å²) in [6.07, 6.45) is 2.62. The number of halogens is 1. The summed E-state index contributed by atoms with van der Waals surface area (Å²) in [4.78, 5) is 11.3. The maximum absolute atomic E-state index is 11.3.